The second kappa shape index (κ2) is 10.7. The summed E-state index contributed by atoms with van der Waals surface area (Å²) in [5.74, 6) is 1.70. The lowest BCUT2D eigenvalue weighted by Crippen LogP contribution is -2.24. The molecule has 0 saturated carbocycles. The van der Waals surface area contributed by atoms with Crippen molar-refractivity contribution in [2.45, 2.75) is 0 Å². The van der Waals surface area contributed by atoms with Crippen molar-refractivity contribution in [3.63, 3.8) is 0 Å². The van der Waals surface area contributed by atoms with Crippen molar-refractivity contribution in [1.82, 2.24) is 5.43 Å². The Hall–Kier alpha value is -4.00. The average molecular weight is 420 g/mol. The van der Waals surface area contributed by atoms with Gasteiger partial charge in [0.05, 0.1) is 27.5 Å². The summed E-state index contributed by atoms with van der Waals surface area (Å²) in [4.78, 5) is 12.0. The van der Waals surface area contributed by atoms with Crippen molar-refractivity contribution in [2.24, 2.45) is 5.10 Å². The fourth-order valence-electron chi connectivity index (χ4n) is 2.91. The van der Waals surface area contributed by atoms with E-state index in [1.54, 1.807) is 12.1 Å². The summed E-state index contributed by atoms with van der Waals surface area (Å²) in [5, 5.41) is 3.96. The lowest BCUT2D eigenvalue weighted by molar-refractivity contribution is -0.123. The van der Waals surface area contributed by atoms with E-state index >= 15 is 0 Å². The molecule has 0 atom stereocenters. The number of amides is 1. The molecule has 0 radical (unpaired) electrons. The predicted octanol–water partition coefficient (Wildman–Crippen LogP) is 3.91. The van der Waals surface area contributed by atoms with Crippen LogP contribution >= 0.6 is 0 Å². The maximum absolute atomic E-state index is 12.0. The van der Waals surface area contributed by atoms with Crippen LogP contribution in [0.15, 0.2) is 71.8 Å². The molecule has 0 aromatic heterocycles. The number of nitrogens with one attached hydrogen (secondary N) is 1. The van der Waals surface area contributed by atoms with Gasteiger partial charge in [-0.05, 0) is 35.4 Å². The number of ether oxygens (including phenoxy) is 4. The molecule has 0 spiro atoms. The molecular formula is C24H24N2O5. The van der Waals surface area contributed by atoms with Crippen LogP contribution in [-0.2, 0) is 4.79 Å². The van der Waals surface area contributed by atoms with Crippen LogP contribution in [0.2, 0.25) is 0 Å². The second-order valence-corrected chi connectivity index (χ2v) is 6.43. The third-order valence-electron chi connectivity index (χ3n) is 4.42. The van der Waals surface area contributed by atoms with E-state index in [9.17, 15) is 4.79 Å². The molecule has 0 aliphatic rings. The van der Waals surface area contributed by atoms with E-state index in [-0.39, 0.29) is 12.5 Å². The molecule has 0 aliphatic carbocycles. The van der Waals surface area contributed by atoms with Gasteiger partial charge in [-0.1, -0.05) is 42.5 Å². The highest BCUT2D eigenvalue weighted by molar-refractivity contribution is 5.84. The Morgan fingerprint density at radius 2 is 1.48 bits per heavy atom. The molecular weight excluding hydrogens is 396 g/mol. The van der Waals surface area contributed by atoms with Crippen LogP contribution in [0, 0.1) is 0 Å². The SMILES string of the molecule is COc1cc(C=NNC(=O)COc2ccc(-c3ccccc3)cc2)cc(OC)c1OC. The summed E-state index contributed by atoms with van der Waals surface area (Å²) in [5.41, 5.74) is 5.30. The molecule has 0 saturated heterocycles. The molecule has 31 heavy (non-hydrogen) atoms. The molecule has 0 unspecified atom stereocenters. The maximum Gasteiger partial charge on any atom is 0.277 e. The van der Waals surface area contributed by atoms with Gasteiger partial charge in [0.25, 0.3) is 5.91 Å². The smallest absolute Gasteiger partial charge is 0.277 e. The Kier molecular flexibility index (Phi) is 7.48. The third-order valence-corrected chi connectivity index (χ3v) is 4.42. The normalized spacial score (nSPS) is 10.5. The quantitative estimate of drug-likeness (QED) is 0.420. The van der Waals surface area contributed by atoms with E-state index in [4.69, 9.17) is 18.9 Å². The number of benzene rings is 3. The van der Waals surface area contributed by atoms with Crippen molar-refractivity contribution in [2.75, 3.05) is 27.9 Å². The molecule has 160 valence electrons. The Labute approximate surface area is 181 Å². The Morgan fingerprint density at radius 3 is 2.06 bits per heavy atom. The van der Waals surface area contributed by atoms with Crippen molar-refractivity contribution >= 4 is 12.1 Å². The van der Waals surface area contributed by atoms with E-state index in [0.717, 1.165) is 11.1 Å². The highest BCUT2D eigenvalue weighted by Gasteiger charge is 2.12. The topological polar surface area (TPSA) is 78.4 Å². The molecule has 3 aromatic rings. The van der Waals surface area contributed by atoms with Gasteiger partial charge < -0.3 is 18.9 Å². The van der Waals surface area contributed by atoms with Gasteiger partial charge in [0.15, 0.2) is 18.1 Å². The molecule has 3 aromatic carbocycles. The minimum absolute atomic E-state index is 0.155. The van der Waals surface area contributed by atoms with Gasteiger partial charge in [0, 0.05) is 5.56 Å². The molecule has 1 amide bonds. The van der Waals surface area contributed by atoms with Crippen LogP contribution in [0.1, 0.15) is 5.56 Å². The minimum atomic E-state index is -0.379. The number of carbonyl (C=O) groups excluding carboxylic acids is 1. The zero-order valence-corrected chi connectivity index (χ0v) is 17.6. The number of hydrogen-bond donors (Lipinski definition) is 1. The molecule has 0 fully saturated rings. The van der Waals surface area contributed by atoms with Crippen LogP contribution in [0.3, 0.4) is 0 Å². The van der Waals surface area contributed by atoms with Crippen LogP contribution < -0.4 is 24.4 Å². The largest absolute Gasteiger partial charge is 0.493 e. The van der Waals surface area contributed by atoms with Crippen molar-refractivity contribution in [1.29, 1.82) is 0 Å². The number of rotatable bonds is 9. The van der Waals surface area contributed by atoms with E-state index in [2.05, 4.69) is 10.5 Å². The predicted molar refractivity (Wildman–Crippen MR) is 119 cm³/mol. The first-order valence-electron chi connectivity index (χ1n) is 9.54. The Morgan fingerprint density at radius 1 is 0.871 bits per heavy atom. The lowest BCUT2D eigenvalue weighted by Gasteiger charge is -2.12. The highest BCUT2D eigenvalue weighted by atomic mass is 16.5. The number of nitrogens with zero attached hydrogens (tertiary/aromatic N) is 1. The molecule has 0 aliphatic heterocycles. The molecule has 3 rings (SSSR count). The zero-order chi connectivity index (χ0) is 22.1. The van der Waals surface area contributed by atoms with Gasteiger partial charge in [0.1, 0.15) is 5.75 Å². The summed E-state index contributed by atoms with van der Waals surface area (Å²) in [6, 6.07) is 21.0. The number of methoxy groups -OCH3 is 3. The van der Waals surface area contributed by atoms with Crippen molar-refractivity contribution in [3.8, 4) is 34.1 Å². The van der Waals surface area contributed by atoms with Gasteiger partial charge in [0.2, 0.25) is 5.75 Å². The van der Waals surface area contributed by atoms with E-state index in [0.29, 0.717) is 28.6 Å². The second-order valence-electron chi connectivity index (χ2n) is 6.43. The molecule has 0 bridgehead atoms. The summed E-state index contributed by atoms with van der Waals surface area (Å²) in [6.45, 7) is -0.155. The highest BCUT2D eigenvalue weighted by Crippen LogP contribution is 2.37. The minimum Gasteiger partial charge on any atom is -0.493 e. The molecule has 7 heteroatoms. The van der Waals surface area contributed by atoms with Gasteiger partial charge in [-0.15, -0.1) is 0 Å². The van der Waals surface area contributed by atoms with Crippen LogP contribution in [0.5, 0.6) is 23.0 Å². The number of hydrogen-bond acceptors (Lipinski definition) is 6. The standard InChI is InChI=1S/C24H24N2O5/c1-28-21-13-17(14-22(29-2)24(21)30-3)15-25-26-23(27)16-31-20-11-9-19(10-12-20)18-7-5-4-6-8-18/h4-15H,16H2,1-3H3,(H,26,27). The Bertz CT molecular complexity index is 1010. The fourth-order valence-corrected chi connectivity index (χ4v) is 2.91. The fraction of sp³-hybridized carbons (Fsp3) is 0.167. The molecule has 1 N–H and O–H groups in total. The van der Waals surface area contributed by atoms with Crippen LogP contribution in [-0.4, -0.2) is 40.1 Å². The zero-order valence-electron chi connectivity index (χ0n) is 17.6. The van der Waals surface area contributed by atoms with E-state index < -0.39 is 0 Å². The molecule has 0 heterocycles. The van der Waals surface area contributed by atoms with Gasteiger partial charge in [-0.25, -0.2) is 5.43 Å². The monoisotopic (exact) mass is 420 g/mol. The number of hydrazone groups is 1. The van der Waals surface area contributed by atoms with Gasteiger partial charge in [-0.3, -0.25) is 4.79 Å². The average Bonchev–Trinajstić information content (AvgIpc) is 2.83. The first-order valence-corrected chi connectivity index (χ1v) is 9.54. The first-order chi connectivity index (χ1) is 15.1. The Balaban J connectivity index is 1.54. The summed E-state index contributed by atoms with van der Waals surface area (Å²) in [7, 11) is 4.59. The summed E-state index contributed by atoms with van der Waals surface area (Å²) in [6.07, 6.45) is 1.48. The van der Waals surface area contributed by atoms with Crippen LogP contribution in [0.25, 0.3) is 11.1 Å². The third kappa shape index (κ3) is 5.76. The maximum atomic E-state index is 12.0. The van der Waals surface area contributed by atoms with Crippen LogP contribution in [0.4, 0.5) is 0 Å². The number of carbonyl (C=O) groups is 1. The summed E-state index contributed by atoms with van der Waals surface area (Å²) < 4.78 is 21.4. The van der Waals surface area contributed by atoms with Crippen molar-refractivity contribution < 1.29 is 23.7 Å². The van der Waals surface area contributed by atoms with Crippen molar-refractivity contribution in [3.05, 3.63) is 72.3 Å². The molecule has 7 nitrogen and oxygen atoms in total. The first kappa shape index (κ1) is 21.7. The van der Waals surface area contributed by atoms with E-state index in [1.807, 2.05) is 54.6 Å². The van der Waals surface area contributed by atoms with Gasteiger partial charge >= 0.3 is 0 Å². The summed E-state index contributed by atoms with van der Waals surface area (Å²) >= 11 is 0. The van der Waals surface area contributed by atoms with E-state index in [1.165, 1.54) is 27.5 Å². The van der Waals surface area contributed by atoms with Gasteiger partial charge in [-0.2, -0.15) is 5.10 Å². The lowest BCUT2D eigenvalue weighted by atomic mass is 10.1.